The molecule has 14 nitrogen and oxygen atoms in total. The van der Waals surface area contributed by atoms with Crippen molar-refractivity contribution in [1.82, 2.24) is 5.32 Å². The Kier molecular flexibility index (Phi) is 10.2. The van der Waals surface area contributed by atoms with Gasteiger partial charge in [-0.2, -0.15) is 0 Å². The van der Waals surface area contributed by atoms with E-state index < -0.39 is 106 Å². The number of amides is 1. The number of hydrogen-bond acceptors (Lipinski definition) is 13. The van der Waals surface area contributed by atoms with Gasteiger partial charge in [-0.05, 0) is 56.5 Å². The van der Waals surface area contributed by atoms with Crippen molar-refractivity contribution < 1.29 is 62.9 Å². The number of carbonyl (C=O) groups is 4. The zero-order valence-electron chi connectivity index (χ0n) is 33.5. The Morgan fingerprint density at radius 3 is 2.16 bits per heavy atom. The van der Waals surface area contributed by atoms with Crippen LogP contribution in [0.25, 0.3) is 0 Å². The molecule has 1 amide bonds. The fourth-order valence-electron chi connectivity index (χ4n) is 10.3. The minimum Gasteiger partial charge on any atom is -0.456 e. The van der Waals surface area contributed by atoms with Gasteiger partial charge < -0.3 is 49.1 Å². The fraction of sp³-hybridized carbons (Fsp3) is 0.581. The average molecular weight is 792 g/mol. The van der Waals surface area contributed by atoms with Gasteiger partial charge in [0.1, 0.15) is 35.6 Å². The van der Waals surface area contributed by atoms with Crippen molar-refractivity contribution >= 4 is 24.0 Å². The SMILES string of the molecule is CC(=O)O[C@@]12CO[C@@H]1C[C@H]1O[C@H]3[C@H](O)C4=C(C)[C@@H](OC(=O)[C@H](O)[C@@H](NC(=O)OC(C)(C)C)c5ccccc5)C[C@@](O)([C@@H](OC(=O)c5ccccc5)[C@H]2[C@@]13C)C4(C)C. The average Bonchev–Trinajstić information content (AvgIpc) is 3.12. The summed E-state index contributed by atoms with van der Waals surface area (Å²) in [5, 5.41) is 40.2. The van der Waals surface area contributed by atoms with E-state index >= 15 is 0 Å². The Morgan fingerprint density at radius 1 is 0.947 bits per heavy atom. The van der Waals surface area contributed by atoms with Gasteiger partial charge in [0.25, 0.3) is 0 Å². The molecule has 4 fully saturated rings. The molecule has 308 valence electrons. The lowest BCUT2D eigenvalue weighted by Crippen LogP contribution is -2.86. The van der Waals surface area contributed by atoms with Gasteiger partial charge >= 0.3 is 24.0 Å². The van der Waals surface area contributed by atoms with Crippen LogP contribution in [0.4, 0.5) is 4.79 Å². The maximum atomic E-state index is 14.2. The topological polar surface area (TPSA) is 196 Å². The van der Waals surface area contributed by atoms with Crippen LogP contribution in [0.1, 0.15) is 90.2 Å². The predicted octanol–water partition coefficient (Wildman–Crippen LogP) is 4.10. The van der Waals surface area contributed by atoms with Crippen molar-refractivity contribution in [3.8, 4) is 0 Å². The lowest BCUT2D eigenvalue weighted by molar-refractivity contribution is -0.416. The molecule has 12 atom stereocenters. The van der Waals surface area contributed by atoms with Gasteiger partial charge in [0, 0.05) is 30.6 Å². The Labute approximate surface area is 331 Å². The van der Waals surface area contributed by atoms with Gasteiger partial charge in [-0.1, -0.05) is 69.3 Å². The molecule has 3 aliphatic carbocycles. The molecule has 4 N–H and O–H groups in total. The smallest absolute Gasteiger partial charge is 0.408 e. The number of aliphatic hydroxyl groups excluding tert-OH is 2. The molecule has 0 radical (unpaired) electrons. The summed E-state index contributed by atoms with van der Waals surface area (Å²) in [6, 6.07) is 15.3. The monoisotopic (exact) mass is 791 g/mol. The number of esters is 3. The lowest BCUT2D eigenvalue weighted by Gasteiger charge is -2.74. The van der Waals surface area contributed by atoms with Crippen LogP contribution in [0, 0.1) is 16.7 Å². The molecule has 2 aliphatic heterocycles. The summed E-state index contributed by atoms with van der Waals surface area (Å²) in [6.45, 7) is 13.3. The normalized spacial score (nSPS) is 35.9. The second-order valence-corrected chi connectivity index (χ2v) is 17.9. The molecule has 2 saturated heterocycles. The molecule has 2 heterocycles. The quantitative estimate of drug-likeness (QED) is 0.170. The number of alkyl carbamates (subject to hydrolysis) is 1. The molecule has 14 heteroatoms. The molecular formula is C43H53NO13. The van der Waals surface area contributed by atoms with Gasteiger partial charge in [-0.25, -0.2) is 14.4 Å². The molecule has 0 aromatic heterocycles. The Balaban J connectivity index is 1.32. The van der Waals surface area contributed by atoms with Crippen LogP contribution in [-0.2, 0) is 38.0 Å². The first-order valence-corrected chi connectivity index (χ1v) is 19.4. The zero-order chi connectivity index (χ0) is 41.5. The van der Waals surface area contributed by atoms with Crippen molar-refractivity contribution in [1.29, 1.82) is 0 Å². The molecule has 5 aliphatic rings. The van der Waals surface area contributed by atoms with Gasteiger partial charge in [0.05, 0.1) is 36.3 Å². The van der Waals surface area contributed by atoms with Gasteiger partial charge in [-0.15, -0.1) is 0 Å². The van der Waals surface area contributed by atoms with E-state index in [4.69, 9.17) is 28.4 Å². The third-order valence-corrected chi connectivity index (χ3v) is 13.0. The number of ether oxygens (including phenoxy) is 6. The number of benzene rings is 2. The molecule has 57 heavy (non-hydrogen) atoms. The first-order chi connectivity index (χ1) is 26.7. The van der Waals surface area contributed by atoms with Crippen molar-refractivity contribution in [3.05, 3.63) is 82.9 Å². The summed E-state index contributed by atoms with van der Waals surface area (Å²) in [6.07, 6.45) is -9.04. The Bertz CT molecular complexity index is 1940. The maximum Gasteiger partial charge on any atom is 0.408 e. The van der Waals surface area contributed by atoms with Crippen molar-refractivity contribution in [2.24, 2.45) is 16.7 Å². The molecule has 2 aromatic rings. The van der Waals surface area contributed by atoms with E-state index in [2.05, 4.69) is 5.32 Å². The molecular weight excluding hydrogens is 738 g/mol. The highest BCUT2D eigenvalue weighted by Gasteiger charge is 2.81. The number of aliphatic hydroxyl groups is 3. The summed E-state index contributed by atoms with van der Waals surface area (Å²) >= 11 is 0. The third-order valence-electron chi connectivity index (χ3n) is 13.0. The number of fused-ring (bicyclic) bond motifs is 4. The van der Waals surface area contributed by atoms with Crippen LogP contribution >= 0.6 is 0 Å². The third kappa shape index (κ3) is 6.53. The minimum absolute atomic E-state index is 0.0548. The maximum absolute atomic E-state index is 14.2. The summed E-state index contributed by atoms with van der Waals surface area (Å²) in [5.41, 5.74) is -5.43. The van der Waals surface area contributed by atoms with E-state index in [1.807, 2.05) is 6.92 Å². The van der Waals surface area contributed by atoms with Crippen LogP contribution in [0.3, 0.4) is 0 Å². The van der Waals surface area contributed by atoms with Crippen molar-refractivity contribution in [3.63, 3.8) is 0 Å². The van der Waals surface area contributed by atoms with E-state index in [1.54, 1.807) is 102 Å². The predicted molar refractivity (Wildman–Crippen MR) is 201 cm³/mol. The highest BCUT2D eigenvalue weighted by atomic mass is 16.6. The molecule has 0 unspecified atom stereocenters. The van der Waals surface area contributed by atoms with E-state index in [9.17, 15) is 34.5 Å². The highest BCUT2D eigenvalue weighted by molar-refractivity contribution is 5.89. The van der Waals surface area contributed by atoms with Gasteiger partial charge in [0.15, 0.2) is 11.7 Å². The minimum atomic E-state index is -2.11. The molecule has 2 saturated carbocycles. The second kappa shape index (κ2) is 14.2. The lowest BCUT2D eigenvalue weighted by atomic mass is 9.42. The van der Waals surface area contributed by atoms with Crippen molar-refractivity contribution in [2.75, 3.05) is 6.61 Å². The van der Waals surface area contributed by atoms with Gasteiger partial charge in [-0.3, -0.25) is 4.79 Å². The summed E-state index contributed by atoms with van der Waals surface area (Å²) in [4.78, 5) is 54.1. The Morgan fingerprint density at radius 2 is 1.58 bits per heavy atom. The standard InChI is InChI=1S/C43H53NO13/c1-22-26(53-37(49)32(47)30(24-15-11-9-12-16-24)44-38(50)57-39(3,4)5)20-43(51)35(55-36(48)25-17-13-10-14-18-25)33-41(8)27(19-28-42(33,21-52-28)56-23(2)45)54-34(41)31(46)29(22)40(43,6)7/h9-18,26-28,30-35,46-47,51H,19-21H2,1-8H3,(H,44,50)/t26-,27+,28+,30-,31+,32+,33-,34-,35-,41+,42-,43+/m0/s1. The number of rotatable bonds is 8. The number of hydrogen-bond donors (Lipinski definition) is 4. The summed E-state index contributed by atoms with van der Waals surface area (Å²) in [5.74, 6) is -3.46. The van der Waals surface area contributed by atoms with E-state index in [-0.39, 0.29) is 18.6 Å². The van der Waals surface area contributed by atoms with E-state index in [1.165, 1.54) is 6.92 Å². The Hall–Kier alpha value is -4.34. The number of carbonyl (C=O) groups excluding carboxylic acids is 4. The summed E-state index contributed by atoms with van der Waals surface area (Å²) < 4.78 is 36.6. The largest absolute Gasteiger partial charge is 0.456 e. The van der Waals surface area contributed by atoms with E-state index in [0.717, 1.165) is 0 Å². The van der Waals surface area contributed by atoms with Crippen molar-refractivity contribution in [2.45, 2.75) is 134 Å². The van der Waals surface area contributed by atoms with Crippen LogP contribution in [0.15, 0.2) is 71.8 Å². The van der Waals surface area contributed by atoms with Crippen LogP contribution in [0.5, 0.6) is 0 Å². The molecule has 0 spiro atoms. The first kappa shape index (κ1) is 40.8. The van der Waals surface area contributed by atoms with Crippen LogP contribution in [-0.4, -0.2) is 105 Å². The fourth-order valence-corrected chi connectivity index (χ4v) is 10.3. The first-order valence-electron chi connectivity index (χ1n) is 19.4. The highest BCUT2D eigenvalue weighted by Crippen LogP contribution is 2.69. The van der Waals surface area contributed by atoms with Crippen LogP contribution < -0.4 is 5.32 Å². The molecule has 2 aromatic carbocycles. The molecule has 7 rings (SSSR count). The van der Waals surface area contributed by atoms with Crippen LogP contribution in [0.2, 0.25) is 0 Å². The second-order valence-electron chi connectivity index (χ2n) is 17.9. The zero-order valence-corrected chi connectivity index (χ0v) is 33.5. The van der Waals surface area contributed by atoms with E-state index in [0.29, 0.717) is 23.1 Å². The van der Waals surface area contributed by atoms with Gasteiger partial charge in [0.2, 0.25) is 0 Å². The summed E-state index contributed by atoms with van der Waals surface area (Å²) in [7, 11) is 0. The number of nitrogens with one attached hydrogen (secondary N) is 1. The molecule has 2 bridgehead atoms.